The van der Waals surface area contributed by atoms with Crippen molar-refractivity contribution < 1.29 is 22.3 Å². The third-order valence-electron chi connectivity index (χ3n) is 4.46. The zero-order valence-corrected chi connectivity index (χ0v) is 16.8. The van der Waals surface area contributed by atoms with Crippen LogP contribution in [0, 0.1) is 5.82 Å². The fourth-order valence-electron chi connectivity index (χ4n) is 2.96. The van der Waals surface area contributed by atoms with E-state index in [1.165, 1.54) is 16.4 Å². The largest absolute Gasteiger partial charge is 0.481 e. The number of piperazine rings is 1. The van der Waals surface area contributed by atoms with E-state index in [-0.39, 0.29) is 37.0 Å². The lowest BCUT2D eigenvalue weighted by atomic mass is 10.2. The summed E-state index contributed by atoms with van der Waals surface area (Å²) in [6.07, 6.45) is -0.723. The van der Waals surface area contributed by atoms with Crippen LogP contribution in [-0.4, -0.2) is 55.8 Å². The van der Waals surface area contributed by atoms with Crippen molar-refractivity contribution in [2.24, 2.45) is 0 Å². The summed E-state index contributed by atoms with van der Waals surface area (Å²) >= 11 is 5.92. The topological polar surface area (TPSA) is 66.9 Å². The molecule has 28 heavy (non-hydrogen) atoms. The standard InChI is InChI=1S/C19H20ClFN2O4S/c1-14(27-17-4-2-3-15(20)13-17)19(24)22-9-11-23(12-10-22)28(25,26)18-7-5-16(21)6-8-18/h2-8,13-14H,9-12H2,1H3/t14-/m0/s1. The molecule has 0 unspecified atom stereocenters. The predicted octanol–water partition coefficient (Wildman–Crippen LogP) is 2.78. The number of ether oxygens (including phenoxy) is 1. The van der Waals surface area contributed by atoms with Gasteiger partial charge in [-0.3, -0.25) is 4.79 Å². The van der Waals surface area contributed by atoms with Crippen LogP contribution in [0.1, 0.15) is 6.92 Å². The first-order valence-corrected chi connectivity index (χ1v) is 10.6. The zero-order valence-electron chi connectivity index (χ0n) is 15.2. The van der Waals surface area contributed by atoms with Crippen molar-refractivity contribution in [1.82, 2.24) is 9.21 Å². The second-order valence-corrected chi connectivity index (χ2v) is 8.78. The highest BCUT2D eigenvalue weighted by atomic mass is 35.5. The van der Waals surface area contributed by atoms with E-state index in [4.69, 9.17) is 16.3 Å². The Labute approximate surface area is 168 Å². The molecule has 0 N–H and O–H groups in total. The molecule has 0 aliphatic carbocycles. The maximum absolute atomic E-state index is 13.0. The van der Waals surface area contributed by atoms with E-state index in [1.54, 1.807) is 36.1 Å². The van der Waals surface area contributed by atoms with Crippen LogP contribution >= 0.6 is 11.6 Å². The number of nitrogens with zero attached hydrogens (tertiary/aromatic N) is 2. The molecule has 9 heteroatoms. The summed E-state index contributed by atoms with van der Waals surface area (Å²) in [5, 5.41) is 0.511. The fourth-order valence-corrected chi connectivity index (χ4v) is 4.56. The van der Waals surface area contributed by atoms with Crippen LogP contribution in [0.15, 0.2) is 53.4 Å². The molecule has 1 atom stereocenters. The first-order valence-electron chi connectivity index (χ1n) is 8.74. The molecule has 1 saturated heterocycles. The van der Waals surface area contributed by atoms with Crippen LogP contribution in [0.3, 0.4) is 0 Å². The van der Waals surface area contributed by atoms with E-state index in [2.05, 4.69) is 0 Å². The normalized spacial score (nSPS) is 16.6. The summed E-state index contributed by atoms with van der Waals surface area (Å²) in [6.45, 7) is 2.47. The summed E-state index contributed by atoms with van der Waals surface area (Å²) in [4.78, 5) is 14.2. The van der Waals surface area contributed by atoms with Crippen LogP contribution in [-0.2, 0) is 14.8 Å². The van der Waals surface area contributed by atoms with Crippen LogP contribution in [0.4, 0.5) is 4.39 Å². The van der Waals surface area contributed by atoms with Crippen LogP contribution in [0.25, 0.3) is 0 Å². The van der Waals surface area contributed by atoms with Gasteiger partial charge in [0.2, 0.25) is 10.0 Å². The molecule has 3 rings (SSSR count). The molecule has 1 amide bonds. The summed E-state index contributed by atoms with van der Waals surface area (Å²) in [7, 11) is -3.72. The number of carbonyl (C=O) groups excluding carboxylic acids is 1. The minimum atomic E-state index is -3.72. The Morgan fingerprint density at radius 1 is 1.11 bits per heavy atom. The van der Waals surface area contributed by atoms with Crippen molar-refractivity contribution in [2.45, 2.75) is 17.9 Å². The second-order valence-electron chi connectivity index (χ2n) is 6.40. The molecule has 2 aromatic carbocycles. The highest BCUT2D eigenvalue weighted by Gasteiger charge is 2.32. The van der Waals surface area contributed by atoms with Gasteiger partial charge >= 0.3 is 0 Å². The number of halogens is 2. The van der Waals surface area contributed by atoms with Crippen LogP contribution < -0.4 is 4.74 Å². The maximum Gasteiger partial charge on any atom is 0.263 e. The first-order chi connectivity index (χ1) is 13.3. The first kappa shape index (κ1) is 20.6. The van der Waals surface area contributed by atoms with Gasteiger partial charge in [-0.25, -0.2) is 12.8 Å². The lowest BCUT2D eigenvalue weighted by Crippen LogP contribution is -2.53. The Morgan fingerprint density at radius 3 is 2.36 bits per heavy atom. The zero-order chi connectivity index (χ0) is 20.3. The number of hydrogen-bond donors (Lipinski definition) is 0. The average molecular weight is 427 g/mol. The Bertz CT molecular complexity index is 945. The number of benzene rings is 2. The summed E-state index contributed by atoms with van der Waals surface area (Å²) in [6, 6.07) is 11.5. The Kier molecular flexibility index (Phi) is 6.22. The van der Waals surface area contributed by atoms with E-state index in [0.29, 0.717) is 10.8 Å². The van der Waals surface area contributed by atoms with E-state index >= 15 is 0 Å². The molecule has 0 aromatic heterocycles. The minimum Gasteiger partial charge on any atom is -0.481 e. The highest BCUT2D eigenvalue weighted by molar-refractivity contribution is 7.89. The highest BCUT2D eigenvalue weighted by Crippen LogP contribution is 2.21. The fraction of sp³-hybridized carbons (Fsp3) is 0.316. The Hall–Kier alpha value is -2.16. The van der Waals surface area contributed by atoms with Crippen LogP contribution in [0.5, 0.6) is 5.75 Å². The van der Waals surface area contributed by atoms with Crippen molar-refractivity contribution in [3.8, 4) is 5.75 Å². The quantitative estimate of drug-likeness (QED) is 0.737. The summed E-state index contributed by atoms with van der Waals surface area (Å²) < 4.78 is 45.3. The number of sulfonamides is 1. The van der Waals surface area contributed by atoms with Gasteiger partial charge < -0.3 is 9.64 Å². The minimum absolute atomic E-state index is 0.0336. The van der Waals surface area contributed by atoms with E-state index in [0.717, 1.165) is 12.1 Å². The van der Waals surface area contributed by atoms with Crippen molar-refractivity contribution in [3.05, 3.63) is 59.4 Å². The molecule has 0 radical (unpaired) electrons. The molecule has 150 valence electrons. The summed E-state index contributed by atoms with van der Waals surface area (Å²) in [5.74, 6) is -0.229. The monoisotopic (exact) mass is 426 g/mol. The Morgan fingerprint density at radius 2 is 1.75 bits per heavy atom. The van der Waals surface area contributed by atoms with Gasteiger partial charge in [0.15, 0.2) is 6.10 Å². The van der Waals surface area contributed by atoms with Gasteiger partial charge in [-0.1, -0.05) is 17.7 Å². The SMILES string of the molecule is C[C@H](Oc1cccc(Cl)c1)C(=O)N1CCN(S(=O)(=O)c2ccc(F)cc2)CC1. The van der Waals surface area contributed by atoms with Gasteiger partial charge in [0.05, 0.1) is 4.90 Å². The van der Waals surface area contributed by atoms with Gasteiger partial charge in [-0.15, -0.1) is 0 Å². The van der Waals surface area contributed by atoms with Crippen molar-refractivity contribution in [3.63, 3.8) is 0 Å². The second kappa shape index (κ2) is 8.46. The number of amides is 1. The molecular formula is C19H20ClFN2O4S. The molecule has 6 nitrogen and oxygen atoms in total. The van der Waals surface area contributed by atoms with Gasteiger partial charge in [-0.2, -0.15) is 4.31 Å². The average Bonchev–Trinajstić information content (AvgIpc) is 2.68. The lowest BCUT2D eigenvalue weighted by molar-refractivity contribution is -0.139. The smallest absolute Gasteiger partial charge is 0.263 e. The molecule has 1 fully saturated rings. The maximum atomic E-state index is 13.0. The molecule has 1 aliphatic rings. The lowest BCUT2D eigenvalue weighted by Gasteiger charge is -2.35. The molecule has 1 heterocycles. The van der Waals surface area contributed by atoms with Crippen LogP contribution in [0.2, 0.25) is 5.02 Å². The summed E-state index contributed by atoms with van der Waals surface area (Å²) in [5.41, 5.74) is 0. The van der Waals surface area contributed by atoms with Crippen molar-refractivity contribution >= 4 is 27.5 Å². The predicted molar refractivity (Wildman–Crippen MR) is 103 cm³/mol. The van der Waals surface area contributed by atoms with Crippen molar-refractivity contribution in [2.75, 3.05) is 26.2 Å². The van der Waals surface area contributed by atoms with Gasteiger partial charge in [-0.05, 0) is 49.4 Å². The molecular weight excluding hydrogens is 407 g/mol. The van der Waals surface area contributed by atoms with E-state index < -0.39 is 21.9 Å². The van der Waals surface area contributed by atoms with E-state index in [1.807, 2.05) is 0 Å². The van der Waals surface area contributed by atoms with E-state index in [9.17, 15) is 17.6 Å². The van der Waals surface area contributed by atoms with Gasteiger partial charge in [0.1, 0.15) is 11.6 Å². The molecule has 1 aliphatic heterocycles. The molecule has 2 aromatic rings. The Balaban J connectivity index is 1.59. The molecule has 0 bridgehead atoms. The third kappa shape index (κ3) is 4.63. The number of carbonyl (C=O) groups is 1. The molecule has 0 saturated carbocycles. The number of rotatable bonds is 5. The number of hydrogen-bond acceptors (Lipinski definition) is 4. The molecule has 0 spiro atoms. The third-order valence-corrected chi connectivity index (χ3v) is 6.61. The van der Waals surface area contributed by atoms with Crippen molar-refractivity contribution in [1.29, 1.82) is 0 Å². The van der Waals surface area contributed by atoms with Gasteiger partial charge in [0.25, 0.3) is 5.91 Å². The van der Waals surface area contributed by atoms with Gasteiger partial charge in [0, 0.05) is 31.2 Å².